The van der Waals surface area contributed by atoms with Crippen LogP contribution in [0.5, 0.6) is 0 Å². The Morgan fingerprint density at radius 1 is 1.28 bits per heavy atom. The molecule has 3 N–H and O–H groups in total. The van der Waals surface area contributed by atoms with Crippen LogP contribution in [0, 0.1) is 11.3 Å². The van der Waals surface area contributed by atoms with Crippen molar-refractivity contribution in [2.45, 2.75) is 0 Å². The number of pyridine rings is 1. The molecule has 0 unspecified atom stereocenters. The second-order valence-electron chi connectivity index (χ2n) is 3.62. The van der Waals surface area contributed by atoms with Gasteiger partial charge < -0.3 is 11.1 Å². The van der Waals surface area contributed by atoms with Crippen LogP contribution in [-0.4, -0.2) is 10.9 Å². The molecule has 0 bridgehead atoms. The molecule has 0 radical (unpaired) electrons. The molecule has 1 aromatic heterocycles. The van der Waals surface area contributed by atoms with Crippen molar-refractivity contribution in [3.63, 3.8) is 0 Å². The van der Waals surface area contributed by atoms with Crippen LogP contribution in [-0.2, 0) is 0 Å². The molecule has 0 saturated carbocycles. The minimum Gasteiger partial charge on any atom is -0.399 e. The van der Waals surface area contributed by atoms with Crippen LogP contribution < -0.4 is 11.1 Å². The van der Waals surface area contributed by atoms with Gasteiger partial charge in [-0.25, -0.2) is 0 Å². The molecule has 2 aromatic rings. The maximum Gasteiger partial charge on any atom is 0.274 e. The lowest BCUT2D eigenvalue weighted by atomic mass is 10.2. The average Bonchev–Trinajstić information content (AvgIpc) is 2.39. The number of rotatable bonds is 2. The second kappa shape index (κ2) is 4.97. The number of nitrogens with zero attached hydrogens (tertiary/aromatic N) is 2. The summed E-state index contributed by atoms with van der Waals surface area (Å²) in [5.74, 6) is -0.341. The second-order valence-corrected chi connectivity index (χ2v) is 3.62. The molecule has 18 heavy (non-hydrogen) atoms. The lowest BCUT2D eigenvalue weighted by Gasteiger charge is -2.04. The van der Waals surface area contributed by atoms with Gasteiger partial charge in [0.15, 0.2) is 0 Å². The first-order valence-electron chi connectivity index (χ1n) is 5.22. The number of aromatic nitrogens is 1. The molecule has 1 aromatic carbocycles. The molecule has 0 aliphatic heterocycles. The van der Waals surface area contributed by atoms with Crippen LogP contribution in [0.3, 0.4) is 0 Å². The third-order valence-electron chi connectivity index (χ3n) is 2.29. The summed E-state index contributed by atoms with van der Waals surface area (Å²) in [6.07, 6.45) is 1.48. The van der Waals surface area contributed by atoms with Crippen molar-refractivity contribution in [2.75, 3.05) is 11.1 Å². The number of anilines is 2. The summed E-state index contributed by atoms with van der Waals surface area (Å²) in [4.78, 5) is 15.8. The molecule has 0 fully saturated rings. The maximum absolute atomic E-state index is 11.8. The first-order chi connectivity index (χ1) is 8.69. The van der Waals surface area contributed by atoms with Gasteiger partial charge >= 0.3 is 0 Å². The van der Waals surface area contributed by atoms with E-state index in [-0.39, 0.29) is 11.6 Å². The molecule has 5 heteroatoms. The van der Waals surface area contributed by atoms with Crippen molar-refractivity contribution in [3.8, 4) is 6.07 Å². The zero-order chi connectivity index (χ0) is 13.0. The zero-order valence-corrected chi connectivity index (χ0v) is 9.42. The van der Waals surface area contributed by atoms with Gasteiger partial charge in [0.05, 0.1) is 11.6 Å². The highest BCUT2D eigenvalue weighted by atomic mass is 16.1. The van der Waals surface area contributed by atoms with Gasteiger partial charge in [-0.3, -0.25) is 9.78 Å². The van der Waals surface area contributed by atoms with E-state index in [0.717, 1.165) is 0 Å². The molecule has 88 valence electrons. The van der Waals surface area contributed by atoms with Gasteiger partial charge in [-0.15, -0.1) is 0 Å². The van der Waals surface area contributed by atoms with Gasteiger partial charge in [0.2, 0.25) is 0 Å². The van der Waals surface area contributed by atoms with E-state index in [1.807, 2.05) is 6.07 Å². The number of hydrogen-bond acceptors (Lipinski definition) is 4. The monoisotopic (exact) mass is 238 g/mol. The van der Waals surface area contributed by atoms with Crippen LogP contribution in [0.2, 0.25) is 0 Å². The Morgan fingerprint density at radius 2 is 2.00 bits per heavy atom. The summed E-state index contributed by atoms with van der Waals surface area (Å²) >= 11 is 0. The zero-order valence-electron chi connectivity index (χ0n) is 9.42. The summed E-state index contributed by atoms with van der Waals surface area (Å²) in [5, 5.41) is 11.3. The molecular formula is C13H10N4O. The molecule has 0 aliphatic carbocycles. The van der Waals surface area contributed by atoms with E-state index in [2.05, 4.69) is 10.3 Å². The molecular weight excluding hydrogens is 228 g/mol. The smallest absolute Gasteiger partial charge is 0.274 e. The number of carbonyl (C=O) groups excluding carboxylic acids is 1. The number of amides is 1. The predicted molar refractivity (Wildman–Crippen MR) is 67.8 cm³/mol. The van der Waals surface area contributed by atoms with Crippen LogP contribution in [0.1, 0.15) is 16.1 Å². The Hall–Kier alpha value is -2.87. The third-order valence-corrected chi connectivity index (χ3v) is 2.29. The molecule has 0 saturated heterocycles. The molecule has 0 spiro atoms. The van der Waals surface area contributed by atoms with Gasteiger partial charge in [-0.2, -0.15) is 5.26 Å². The van der Waals surface area contributed by atoms with Crippen LogP contribution >= 0.6 is 0 Å². The van der Waals surface area contributed by atoms with Gasteiger partial charge in [-0.05, 0) is 36.4 Å². The molecule has 0 atom stereocenters. The van der Waals surface area contributed by atoms with E-state index in [0.29, 0.717) is 16.9 Å². The Labute approximate surface area is 104 Å². The van der Waals surface area contributed by atoms with Crippen molar-refractivity contribution < 1.29 is 4.79 Å². The third kappa shape index (κ3) is 2.62. The number of hydrogen-bond donors (Lipinski definition) is 2. The molecule has 1 amide bonds. The van der Waals surface area contributed by atoms with E-state index in [1.54, 1.807) is 30.3 Å². The summed E-state index contributed by atoms with van der Waals surface area (Å²) in [6.45, 7) is 0. The van der Waals surface area contributed by atoms with Crippen molar-refractivity contribution in [3.05, 3.63) is 53.9 Å². The Balaban J connectivity index is 2.14. The largest absolute Gasteiger partial charge is 0.399 e. The normalized spacial score (nSPS) is 9.50. The number of benzene rings is 1. The van der Waals surface area contributed by atoms with Crippen molar-refractivity contribution in [2.24, 2.45) is 0 Å². The van der Waals surface area contributed by atoms with Gasteiger partial charge in [0.1, 0.15) is 5.69 Å². The number of nitrogen functional groups attached to an aromatic ring is 1. The van der Waals surface area contributed by atoms with Gasteiger partial charge in [0, 0.05) is 17.6 Å². The molecule has 2 rings (SSSR count). The van der Waals surface area contributed by atoms with Crippen molar-refractivity contribution in [1.82, 2.24) is 4.98 Å². The van der Waals surface area contributed by atoms with E-state index in [1.165, 1.54) is 12.3 Å². The lowest BCUT2D eigenvalue weighted by Crippen LogP contribution is -2.13. The SMILES string of the molecule is N#Cc1ccc(NC(=O)c2cc(N)ccn2)cc1. The quantitative estimate of drug-likeness (QED) is 0.834. The number of carbonyl (C=O) groups is 1. The Bertz CT molecular complexity index is 614. The van der Waals surface area contributed by atoms with Crippen molar-refractivity contribution in [1.29, 1.82) is 5.26 Å². The first kappa shape index (κ1) is 11.6. The first-order valence-corrected chi connectivity index (χ1v) is 5.22. The fourth-order valence-corrected chi connectivity index (χ4v) is 1.39. The maximum atomic E-state index is 11.8. The fourth-order valence-electron chi connectivity index (χ4n) is 1.39. The molecule has 1 heterocycles. The molecule has 0 aliphatic rings. The predicted octanol–water partition coefficient (Wildman–Crippen LogP) is 1.79. The summed E-state index contributed by atoms with van der Waals surface area (Å²) < 4.78 is 0. The van der Waals surface area contributed by atoms with Crippen LogP contribution in [0.15, 0.2) is 42.6 Å². The Morgan fingerprint density at radius 3 is 2.61 bits per heavy atom. The van der Waals surface area contributed by atoms with Gasteiger partial charge in [-0.1, -0.05) is 0 Å². The van der Waals surface area contributed by atoms with E-state index >= 15 is 0 Å². The summed E-state index contributed by atoms with van der Waals surface area (Å²) in [5.41, 5.74) is 7.44. The Kier molecular flexibility index (Phi) is 3.21. The van der Waals surface area contributed by atoms with Crippen LogP contribution in [0.25, 0.3) is 0 Å². The van der Waals surface area contributed by atoms with E-state index < -0.39 is 0 Å². The van der Waals surface area contributed by atoms with Gasteiger partial charge in [0.25, 0.3) is 5.91 Å². The highest BCUT2D eigenvalue weighted by Gasteiger charge is 2.07. The average molecular weight is 238 g/mol. The minimum atomic E-state index is -0.341. The van der Waals surface area contributed by atoms with Crippen LogP contribution in [0.4, 0.5) is 11.4 Å². The topological polar surface area (TPSA) is 91.8 Å². The number of nitriles is 1. The number of nitrogens with one attached hydrogen (secondary N) is 1. The summed E-state index contributed by atoms with van der Waals surface area (Å²) in [6, 6.07) is 11.7. The number of nitrogens with two attached hydrogens (primary N) is 1. The molecule has 5 nitrogen and oxygen atoms in total. The lowest BCUT2D eigenvalue weighted by molar-refractivity contribution is 0.102. The fraction of sp³-hybridized carbons (Fsp3) is 0. The minimum absolute atomic E-state index is 0.249. The highest BCUT2D eigenvalue weighted by Crippen LogP contribution is 2.11. The summed E-state index contributed by atoms with van der Waals surface area (Å²) in [7, 11) is 0. The van der Waals surface area contributed by atoms with Crippen molar-refractivity contribution >= 4 is 17.3 Å². The standard InChI is InChI=1S/C13H10N4O/c14-8-9-1-3-11(4-2-9)17-13(18)12-7-10(15)5-6-16-12/h1-7H,(H2,15,16)(H,17,18). The van der Waals surface area contributed by atoms with E-state index in [9.17, 15) is 4.79 Å². The van der Waals surface area contributed by atoms with E-state index in [4.69, 9.17) is 11.0 Å². The highest BCUT2D eigenvalue weighted by molar-refractivity contribution is 6.03.